The Morgan fingerprint density at radius 3 is 2.80 bits per heavy atom. The zero-order valence-corrected chi connectivity index (χ0v) is 10.7. The quantitative estimate of drug-likeness (QED) is 0.628. The van der Waals surface area contributed by atoms with Crippen LogP contribution in [0.2, 0.25) is 0 Å². The van der Waals surface area contributed by atoms with Gasteiger partial charge in [0.15, 0.2) is 0 Å². The molecule has 0 radical (unpaired) electrons. The van der Waals surface area contributed by atoms with Crippen molar-refractivity contribution in [1.82, 2.24) is 4.98 Å². The molecule has 0 aliphatic rings. The first-order valence-electron chi connectivity index (χ1n) is 5.84. The van der Waals surface area contributed by atoms with E-state index in [1.807, 2.05) is 6.07 Å². The summed E-state index contributed by atoms with van der Waals surface area (Å²) in [7, 11) is 0. The molecule has 0 amide bonds. The number of aryl methyl sites for hydroxylation is 1. The third kappa shape index (κ3) is 2.90. The van der Waals surface area contributed by atoms with Crippen molar-refractivity contribution in [3.8, 4) is 11.8 Å². The maximum absolute atomic E-state index is 10.9. The molecule has 6 nitrogen and oxygen atoms in total. The summed E-state index contributed by atoms with van der Waals surface area (Å²) in [5.41, 5.74) is 1.70. The Morgan fingerprint density at radius 2 is 2.10 bits per heavy atom. The second-order valence-corrected chi connectivity index (χ2v) is 4.09. The highest BCUT2D eigenvalue weighted by atomic mass is 16.6. The van der Waals surface area contributed by atoms with E-state index >= 15 is 0 Å². The molecule has 0 spiro atoms. The lowest BCUT2D eigenvalue weighted by molar-refractivity contribution is -0.390. The minimum Gasteiger partial charge on any atom is -0.481 e. The number of nitro groups is 1. The molecule has 0 N–H and O–H groups in total. The normalized spacial score (nSPS) is 9.80. The number of aromatic nitrogens is 1. The molecule has 20 heavy (non-hydrogen) atoms. The van der Waals surface area contributed by atoms with Gasteiger partial charge in [0.1, 0.15) is 12.3 Å². The molecule has 0 bridgehead atoms. The van der Waals surface area contributed by atoms with Crippen molar-refractivity contribution in [3.63, 3.8) is 0 Å². The molecule has 0 unspecified atom stereocenters. The zero-order chi connectivity index (χ0) is 14.5. The largest absolute Gasteiger partial charge is 0.481 e. The number of benzene rings is 1. The van der Waals surface area contributed by atoms with Crippen LogP contribution in [-0.4, -0.2) is 9.91 Å². The second-order valence-electron chi connectivity index (χ2n) is 4.09. The number of ether oxygens (including phenoxy) is 1. The maximum atomic E-state index is 10.9. The lowest BCUT2D eigenvalue weighted by atomic mass is 10.1. The van der Waals surface area contributed by atoms with Crippen molar-refractivity contribution >= 4 is 5.82 Å². The SMILES string of the molecule is Cc1ccc(OCc2ccccc2C#N)c([N+](=O)[O-])n1. The van der Waals surface area contributed by atoms with E-state index in [9.17, 15) is 10.1 Å². The average molecular weight is 269 g/mol. The van der Waals surface area contributed by atoms with Crippen molar-refractivity contribution in [2.45, 2.75) is 13.5 Å². The smallest absolute Gasteiger partial charge is 0.406 e. The van der Waals surface area contributed by atoms with Crippen LogP contribution in [0.5, 0.6) is 5.75 Å². The van der Waals surface area contributed by atoms with Crippen molar-refractivity contribution in [3.05, 3.63) is 63.3 Å². The van der Waals surface area contributed by atoms with Crippen LogP contribution in [0.15, 0.2) is 36.4 Å². The van der Waals surface area contributed by atoms with Crippen LogP contribution in [0, 0.1) is 28.4 Å². The first kappa shape index (κ1) is 13.5. The Morgan fingerprint density at radius 1 is 1.35 bits per heavy atom. The Hall–Kier alpha value is -2.94. The molecule has 0 aliphatic heterocycles. The van der Waals surface area contributed by atoms with Gasteiger partial charge in [-0.25, -0.2) is 0 Å². The van der Waals surface area contributed by atoms with Gasteiger partial charge in [-0.05, 0) is 28.1 Å². The van der Waals surface area contributed by atoms with Crippen molar-refractivity contribution in [2.75, 3.05) is 0 Å². The average Bonchev–Trinajstić information content (AvgIpc) is 2.46. The van der Waals surface area contributed by atoms with E-state index in [4.69, 9.17) is 10.00 Å². The van der Waals surface area contributed by atoms with Crippen molar-refractivity contribution in [2.24, 2.45) is 0 Å². The van der Waals surface area contributed by atoms with Gasteiger partial charge in [0.25, 0.3) is 0 Å². The Kier molecular flexibility index (Phi) is 3.91. The van der Waals surface area contributed by atoms with E-state index in [0.717, 1.165) is 0 Å². The van der Waals surface area contributed by atoms with E-state index in [2.05, 4.69) is 4.98 Å². The molecule has 0 atom stereocenters. The number of hydrogen-bond donors (Lipinski definition) is 0. The molecule has 1 heterocycles. The predicted octanol–water partition coefficient (Wildman–Crippen LogP) is 2.75. The molecule has 0 saturated heterocycles. The summed E-state index contributed by atoms with van der Waals surface area (Å²) in [5, 5.41) is 19.9. The molecule has 100 valence electrons. The van der Waals surface area contributed by atoms with Gasteiger partial charge in [0.05, 0.1) is 11.6 Å². The van der Waals surface area contributed by atoms with Crippen molar-refractivity contribution < 1.29 is 9.66 Å². The predicted molar refractivity (Wildman–Crippen MR) is 71.1 cm³/mol. The number of pyridine rings is 1. The number of nitrogens with zero attached hydrogens (tertiary/aromatic N) is 3. The van der Waals surface area contributed by atoms with Gasteiger partial charge < -0.3 is 14.9 Å². The Bertz CT molecular complexity index is 692. The van der Waals surface area contributed by atoms with Gasteiger partial charge in [-0.1, -0.05) is 18.2 Å². The van der Waals surface area contributed by atoms with Crippen LogP contribution in [0.4, 0.5) is 5.82 Å². The molecule has 6 heteroatoms. The van der Waals surface area contributed by atoms with E-state index in [0.29, 0.717) is 16.8 Å². The number of hydrogen-bond acceptors (Lipinski definition) is 5. The van der Waals surface area contributed by atoms with Crippen LogP contribution in [0.3, 0.4) is 0 Å². The van der Waals surface area contributed by atoms with Gasteiger partial charge in [-0.3, -0.25) is 0 Å². The van der Waals surface area contributed by atoms with E-state index < -0.39 is 4.92 Å². The fourth-order valence-corrected chi connectivity index (χ4v) is 1.68. The van der Waals surface area contributed by atoms with Crippen LogP contribution < -0.4 is 4.74 Å². The van der Waals surface area contributed by atoms with Gasteiger partial charge in [0, 0.05) is 12.5 Å². The summed E-state index contributed by atoms with van der Waals surface area (Å²) < 4.78 is 5.43. The molecule has 2 rings (SSSR count). The molecule has 0 saturated carbocycles. The zero-order valence-electron chi connectivity index (χ0n) is 10.7. The highest BCUT2D eigenvalue weighted by molar-refractivity contribution is 5.41. The van der Waals surface area contributed by atoms with Crippen LogP contribution >= 0.6 is 0 Å². The summed E-state index contributed by atoms with van der Waals surface area (Å²) in [6.45, 7) is 1.75. The lowest BCUT2D eigenvalue weighted by Gasteiger charge is -2.07. The fourth-order valence-electron chi connectivity index (χ4n) is 1.68. The van der Waals surface area contributed by atoms with E-state index in [-0.39, 0.29) is 18.2 Å². The molecular weight excluding hydrogens is 258 g/mol. The summed E-state index contributed by atoms with van der Waals surface area (Å²) in [6, 6.07) is 12.1. The Balaban J connectivity index is 2.24. The molecule has 1 aromatic carbocycles. The van der Waals surface area contributed by atoms with E-state index in [1.54, 1.807) is 37.3 Å². The fraction of sp³-hybridized carbons (Fsp3) is 0.143. The number of nitriles is 1. The van der Waals surface area contributed by atoms with Crippen molar-refractivity contribution in [1.29, 1.82) is 5.26 Å². The molecule has 0 fully saturated rings. The van der Waals surface area contributed by atoms with Gasteiger partial charge in [-0.2, -0.15) is 5.26 Å². The first-order chi connectivity index (χ1) is 9.61. The first-order valence-corrected chi connectivity index (χ1v) is 5.84. The summed E-state index contributed by atoms with van der Waals surface area (Å²) in [4.78, 5) is 14.2. The summed E-state index contributed by atoms with van der Waals surface area (Å²) in [6.07, 6.45) is 0. The maximum Gasteiger partial charge on any atom is 0.406 e. The van der Waals surface area contributed by atoms with Gasteiger partial charge in [-0.15, -0.1) is 0 Å². The highest BCUT2D eigenvalue weighted by Crippen LogP contribution is 2.25. The lowest BCUT2D eigenvalue weighted by Crippen LogP contribution is -2.02. The second kappa shape index (κ2) is 5.80. The molecule has 2 aromatic rings. The van der Waals surface area contributed by atoms with Gasteiger partial charge >= 0.3 is 5.82 Å². The Labute approximate surface area is 115 Å². The molecule has 1 aromatic heterocycles. The molecular formula is C14H11N3O3. The summed E-state index contributed by atoms with van der Waals surface area (Å²) in [5.74, 6) is -0.229. The number of rotatable bonds is 4. The van der Waals surface area contributed by atoms with Crippen LogP contribution in [-0.2, 0) is 6.61 Å². The standard InChI is InChI=1S/C14H11N3O3/c1-10-6-7-13(14(16-10)17(18)19)20-9-12-5-3-2-4-11(12)8-15/h2-7H,9H2,1H3. The minimum absolute atomic E-state index is 0.0787. The third-order valence-electron chi connectivity index (χ3n) is 2.67. The minimum atomic E-state index is -0.585. The van der Waals surface area contributed by atoms with E-state index in [1.165, 1.54) is 6.07 Å². The third-order valence-corrected chi connectivity index (χ3v) is 2.67. The highest BCUT2D eigenvalue weighted by Gasteiger charge is 2.17. The van der Waals surface area contributed by atoms with Crippen LogP contribution in [0.25, 0.3) is 0 Å². The topological polar surface area (TPSA) is 89.0 Å². The summed E-state index contributed by atoms with van der Waals surface area (Å²) >= 11 is 0. The molecule has 0 aliphatic carbocycles. The van der Waals surface area contributed by atoms with Crippen LogP contribution in [0.1, 0.15) is 16.8 Å². The van der Waals surface area contributed by atoms with Gasteiger partial charge in [0.2, 0.25) is 5.75 Å². The monoisotopic (exact) mass is 269 g/mol.